The van der Waals surface area contributed by atoms with Crippen molar-refractivity contribution < 1.29 is 9.18 Å². The van der Waals surface area contributed by atoms with Crippen molar-refractivity contribution in [1.29, 1.82) is 5.26 Å². The normalized spacial score (nSPS) is 11.4. The minimum absolute atomic E-state index is 0.0221. The summed E-state index contributed by atoms with van der Waals surface area (Å²) in [6.45, 7) is 4.46. The topological polar surface area (TPSA) is 57.8 Å². The maximum absolute atomic E-state index is 13.3. The SMILES string of the molecule is Cc1cc(C)cc(NC(=O)/C(C#N)=C/c2cn(Cc3ccc(F)cc3)c3ccccc23)c1. The minimum atomic E-state index is -0.451. The van der Waals surface area contributed by atoms with Crippen molar-refractivity contribution in [2.45, 2.75) is 20.4 Å². The monoisotopic (exact) mass is 423 g/mol. The lowest BCUT2D eigenvalue weighted by Gasteiger charge is -2.07. The van der Waals surface area contributed by atoms with Gasteiger partial charge in [-0.05, 0) is 66.9 Å². The molecule has 32 heavy (non-hydrogen) atoms. The fourth-order valence-electron chi connectivity index (χ4n) is 3.86. The molecule has 1 N–H and O–H groups in total. The molecule has 4 rings (SSSR count). The maximum atomic E-state index is 13.3. The van der Waals surface area contributed by atoms with E-state index in [1.54, 1.807) is 18.2 Å². The molecule has 1 heterocycles. The predicted molar refractivity (Wildman–Crippen MR) is 126 cm³/mol. The van der Waals surface area contributed by atoms with E-state index in [1.807, 2.05) is 73.1 Å². The Hall–Kier alpha value is -4.17. The van der Waals surface area contributed by atoms with Gasteiger partial charge in [-0.1, -0.05) is 36.4 Å². The van der Waals surface area contributed by atoms with E-state index < -0.39 is 5.91 Å². The lowest BCUT2D eigenvalue weighted by Crippen LogP contribution is -2.13. The molecule has 0 aliphatic heterocycles. The maximum Gasteiger partial charge on any atom is 0.266 e. The number of hydrogen-bond acceptors (Lipinski definition) is 2. The molecule has 1 amide bonds. The summed E-state index contributed by atoms with van der Waals surface area (Å²) in [5, 5.41) is 13.4. The van der Waals surface area contributed by atoms with Crippen molar-refractivity contribution >= 4 is 28.6 Å². The molecule has 0 aliphatic rings. The van der Waals surface area contributed by atoms with E-state index in [0.29, 0.717) is 12.2 Å². The van der Waals surface area contributed by atoms with Crippen molar-refractivity contribution in [3.8, 4) is 6.07 Å². The summed E-state index contributed by atoms with van der Waals surface area (Å²) in [6, 6.07) is 22.0. The predicted octanol–water partition coefficient (Wildman–Crippen LogP) is 5.99. The van der Waals surface area contributed by atoms with Gasteiger partial charge in [-0.3, -0.25) is 4.79 Å². The zero-order valence-electron chi connectivity index (χ0n) is 17.9. The summed E-state index contributed by atoms with van der Waals surface area (Å²) in [6.07, 6.45) is 3.52. The number of benzene rings is 3. The number of fused-ring (bicyclic) bond motifs is 1. The van der Waals surface area contributed by atoms with Crippen molar-refractivity contribution in [2.24, 2.45) is 0 Å². The lowest BCUT2D eigenvalue weighted by molar-refractivity contribution is -0.112. The standard InChI is InChI=1S/C27H22FN3O/c1-18-11-19(2)13-24(12-18)30-27(32)21(15-29)14-22-17-31(26-6-4-3-5-25(22)26)16-20-7-9-23(28)10-8-20/h3-14,17H,16H2,1-2H3,(H,30,32)/b21-14+. The first kappa shape index (κ1) is 21.1. The number of halogens is 1. The number of para-hydroxylation sites is 1. The van der Waals surface area contributed by atoms with Crippen LogP contribution in [-0.2, 0) is 11.3 Å². The Morgan fingerprint density at radius 1 is 1.06 bits per heavy atom. The average molecular weight is 423 g/mol. The number of hydrogen-bond donors (Lipinski definition) is 1. The summed E-state index contributed by atoms with van der Waals surface area (Å²) in [7, 11) is 0. The van der Waals surface area contributed by atoms with Crippen LogP contribution in [-0.4, -0.2) is 10.5 Å². The van der Waals surface area contributed by atoms with Gasteiger partial charge >= 0.3 is 0 Å². The number of aryl methyl sites for hydroxylation is 2. The zero-order chi connectivity index (χ0) is 22.7. The van der Waals surface area contributed by atoms with E-state index in [9.17, 15) is 14.4 Å². The number of aromatic nitrogens is 1. The number of nitrogens with one attached hydrogen (secondary N) is 1. The third-order valence-electron chi connectivity index (χ3n) is 5.23. The van der Waals surface area contributed by atoms with Gasteiger partial charge in [0.2, 0.25) is 0 Å². The molecule has 158 valence electrons. The molecular weight excluding hydrogens is 401 g/mol. The number of amides is 1. The second-order valence-corrected chi connectivity index (χ2v) is 7.86. The molecule has 0 fully saturated rings. The molecular formula is C27H22FN3O. The van der Waals surface area contributed by atoms with Crippen molar-refractivity contribution in [3.63, 3.8) is 0 Å². The lowest BCUT2D eigenvalue weighted by atomic mass is 10.1. The highest BCUT2D eigenvalue weighted by Gasteiger charge is 2.13. The molecule has 0 unspecified atom stereocenters. The number of rotatable bonds is 5. The van der Waals surface area contributed by atoms with Gasteiger partial charge < -0.3 is 9.88 Å². The zero-order valence-corrected chi connectivity index (χ0v) is 17.9. The second kappa shape index (κ2) is 8.91. The summed E-state index contributed by atoms with van der Waals surface area (Å²) < 4.78 is 15.3. The summed E-state index contributed by atoms with van der Waals surface area (Å²) in [5.74, 6) is -0.726. The molecule has 0 spiro atoms. The summed E-state index contributed by atoms with van der Waals surface area (Å²) >= 11 is 0. The Labute approximate surface area is 186 Å². The first-order valence-electron chi connectivity index (χ1n) is 10.3. The van der Waals surface area contributed by atoms with E-state index in [1.165, 1.54) is 12.1 Å². The highest BCUT2D eigenvalue weighted by atomic mass is 19.1. The number of carbonyl (C=O) groups excluding carboxylic acids is 1. The third kappa shape index (κ3) is 4.60. The Balaban J connectivity index is 1.67. The van der Waals surface area contributed by atoms with Crippen LogP contribution in [0.3, 0.4) is 0 Å². The van der Waals surface area contributed by atoms with Crippen LogP contribution < -0.4 is 5.32 Å². The van der Waals surface area contributed by atoms with Crippen LogP contribution in [0, 0.1) is 31.0 Å². The van der Waals surface area contributed by atoms with E-state index >= 15 is 0 Å². The van der Waals surface area contributed by atoms with Gasteiger partial charge in [0.15, 0.2) is 0 Å². The number of nitriles is 1. The van der Waals surface area contributed by atoms with Crippen molar-refractivity contribution in [2.75, 3.05) is 5.32 Å². The van der Waals surface area contributed by atoms with Gasteiger partial charge in [-0.2, -0.15) is 5.26 Å². The fourth-order valence-corrected chi connectivity index (χ4v) is 3.86. The minimum Gasteiger partial charge on any atom is -0.342 e. The molecule has 1 aromatic heterocycles. The Bertz CT molecular complexity index is 1350. The van der Waals surface area contributed by atoms with E-state index in [2.05, 4.69) is 5.32 Å². The largest absolute Gasteiger partial charge is 0.342 e. The first-order valence-corrected chi connectivity index (χ1v) is 10.3. The highest BCUT2D eigenvalue weighted by Crippen LogP contribution is 2.25. The molecule has 4 nitrogen and oxygen atoms in total. The van der Waals surface area contributed by atoms with E-state index in [4.69, 9.17) is 0 Å². The molecule has 0 bridgehead atoms. The molecule has 5 heteroatoms. The molecule has 0 radical (unpaired) electrons. The molecule has 0 saturated heterocycles. The second-order valence-electron chi connectivity index (χ2n) is 7.86. The molecule has 0 aliphatic carbocycles. The van der Waals surface area contributed by atoms with Crippen molar-refractivity contribution in [3.05, 3.63) is 107 Å². The molecule has 0 saturated carbocycles. The van der Waals surface area contributed by atoms with Crippen LogP contribution in [0.4, 0.5) is 10.1 Å². The number of nitrogens with zero attached hydrogens (tertiary/aromatic N) is 2. The summed E-state index contributed by atoms with van der Waals surface area (Å²) in [4.78, 5) is 12.8. The van der Waals surface area contributed by atoms with Crippen LogP contribution >= 0.6 is 0 Å². The first-order chi connectivity index (χ1) is 15.4. The van der Waals surface area contributed by atoms with Crippen LogP contribution in [0.1, 0.15) is 22.3 Å². The van der Waals surface area contributed by atoms with E-state index in [-0.39, 0.29) is 11.4 Å². The van der Waals surface area contributed by atoms with Gasteiger partial charge in [0.1, 0.15) is 17.5 Å². The number of carbonyl (C=O) groups is 1. The Morgan fingerprint density at radius 2 is 1.75 bits per heavy atom. The van der Waals surface area contributed by atoms with Gasteiger partial charge in [0.25, 0.3) is 5.91 Å². The Morgan fingerprint density at radius 3 is 2.44 bits per heavy atom. The summed E-state index contributed by atoms with van der Waals surface area (Å²) in [5.41, 5.74) is 5.44. The van der Waals surface area contributed by atoms with Crippen LogP contribution in [0.2, 0.25) is 0 Å². The molecule has 3 aromatic carbocycles. The van der Waals surface area contributed by atoms with Gasteiger partial charge in [0.05, 0.1) is 0 Å². The molecule has 0 atom stereocenters. The van der Waals surface area contributed by atoms with Gasteiger partial charge in [-0.25, -0.2) is 4.39 Å². The fraction of sp³-hybridized carbons (Fsp3) is 0.111. The quantitative estimate of drug-likeness (QED) is 0.317. The highest BCUT2D eigenvalue weighted by molar-refractivity contribution is 6.10. The number of anilines is 1. The Kier molecular flexibility index (Phi) is 5.87. The smallest absolute Gasteiger partial charge is 0.266 e. The van der Waals surface area contributed by atoms with Crippen LogP contribution in [0.25, 0.3) is 17.0 Å². The van der Waals surface area contributed by atoms with E-state index in [0.717, 1.165) is 33.2 Å². The van der Waals surface area contributed by atoms with Crippen LogP contribution in [0.5, 0.6) is 0 Å². The average Bonchev–Trinajstić information content (AvgIpc) is 3.10. The molecule has 4 aromatic rings. The van der Waals surface area contributed by atoms with Crippen LogP contribution in [0.15, 0.2) is 78.5 Å². The van der Waals surface area contributed by atoms with Gasteiger partial charge in [-0.15, -0.1) is 0 Å². The van der Waals surface area contributed by atoms with Crippen molar-refractivity contribution in [1.82, 2.24) is 4.57 Å². The third-order valence-corrected chi connectivity index (χ3v) is 5.23. The van der Waals surface area contributed by atoms with Gasteiger partial charge in [0, 0.05) is 34.9 Å².